The molecule has 0 aliphatic rings. The molecule has 72 heavy (non-hydrogen) atoms. The van der Waals surface area contributed by atoms with E-state index in [0.29, 0.717) is 23.9 Å². The van der Waals surface area contributed by atoms with Gasteiger partial charge in [0.1, 0.15) is 19.8 Å². The number of rotatable bonds is 49. The molecule has 9 nitrogen and oxygen atoms in total. The molecular formula is C62H103NO8P+. The van der Waals surface area contributed by atoms with Crippen LogP contribution in [0.5, 0.6) is 0 Å². The molecule has 0 amide bonds. The van der Waals surface area contributed by atoms with Gasteiger partial charge in [-0.05, 0) is 96.3 Å². The van der Waals surface area contributed by atoms with Crippen LogP contribution in [0.25, 0.3) is 0 Å². The van der Waals surface area contributed by atoms with Crippen molar-refractivity contribution in [3.63, 3.8) is 0 Å². The van der Waals surface area contributed by atoms with E-state index in [1.165, 1.54) is 64.2 Å². The van der Waals surface area contributed by atoms with Crippen molar-refractivity contribution in [3.05, 3.63) is 134 Å². The molecule has 0 radical (unpaired) electrons. The molecule has 2 atom stereocenters. The summed E-state index contributed by atoms with van der Waals surface area (Å²) < 4.78 is 34.3. The van der Waals surface area contributed by atoms with E-state index in [4.69, 9.17) is 18.5 Å². The third-order valence-electron chi connectivity index (χ3n) is 11.2. The van der Waals surface area contributed by atoms with Crippen molar-refractivity contribution in [2.24, 2.45) is 0 Å². The lowest BCUT2D eigenvalue weighted by Gasteiger charge is -2.24. The number of allylic oxidation sites excluding steroid dienone is 22. The maximum Gasteiger partial charge on any atom is 0.472 e. The fraction of sp³-hybridized carbons (Fsp3) is 0.613. The first-order valence-electron chi connectivity index (χ1n) is 27.9. The summed E-state index contributed by atoms with van der Waals surface area (Å²) in [5.41, 5.74) is 0. The van der Waals surface area contributed by atoms with Crippen LogP contribution in [-0.2, 0) is 32.7 Å². The number of likely N-dealkylation sites (N-methyl/N-ethyl adjacent to an activating group) is 1. The van der Waals surface area contributed by atoms with Crippen LogP contribution in [0.2, 0.25) is 0 Å². The molecule has 0 aliphatic heterocycles. The van der Waals surface area contributed by atoms with Crippen LogP contribution in [0.1, 0.15) is 194 Å². The number of ether oxygens (including phenoxy) is 2. The smallest absolute Gasteiger partial charge is 0.462 e. The Morgan fingerprint density at radius 1 is 0.431 bits per heavy atom. The first-order chi connectivity index (χ1) is 35.0. The third-order valence-corrected chi connectivity index (χ3v) is 12.2. The lowest BCUT2D eigenvalue weighted by atomic mass is 10.0. The number of hydrogen-bond acceptors (Lipinski definition) is 7. The maximum absolute atomic E-state index is 12.8. The molecule has 0 spiro atoms. The minimum atomic E-state index is -4.40. The average Bonchev–Trinajstić information content (AvgIpc) is 3.34. The standard InChI is InChI=1S/C62H102NO8P/c1-6-8-10-12-14-16-18-20-21-22-23-24-25-26-27-28-29-30-31-32-33-34-35-36-37-38-39-40-41-43-45-47-49-51-53-55-62(65)71-60(59-70-72(66,67)69-57-56-63(3,4)5)58-68-61(64)54-52-50-48-46-44-42-19-17-15-13-11-9-7-2/h8-11,14-17,20-21,23-24,26-27,29-30,32-33,42,44,48,50,60H,6-7,12-13,18-19,22,25,28,31,34-41,43,45-47,49,51-59H2,1-5H3/p+1/b10-8-,11-9-,16-14-,17-15-,21-20-,24-23-,27-26-,30-29-,33-32-,44-42-,50-48-. The van der Waals surface area contributed by atoms with Crippen LogP contribution in [0.3, 0.4) is 0 Å². The van der Waals surface area contributed by atoms with E-state index in [1.807, 2.05) is 33.3 Å². The van der Waals surface area contributed by atoms with Gasteiger partial charge in [0.15, 0.2) is 6.10 Å². The summed E-state index contributed by atoms with van der Waals surface area (Å²) in [6, 6.07) is 0. The second kappa shape index (κ2) is 52.0. The molecule has 0 saturated carbocycles. The van der Waals surface area contributed by atoms with Crippen molar-refractivity contribution in [1.29, 1.82) is 0 Å². The van der Waals surface area contributed by atoms with Crippen LogP contribution >= 0.6 is 7.82 Å². The van der Waals surface area contributed by atoms with Gasteiger partial charge in [0, 0.05) is 12.8 Å². The summed E-state index contributed by atoms with van der Waals surface area (Å²) in [5.74, 6) is -0.903. The zero-order chi connectivity index (χ0) is 52.7. The predicted octanol–water partition coefficient (Wildman–Crippen LogP) is 17.4. The molecule has 0 rings (SSSR count). The lowest BCUT2D eigenvalue weighted by Crippen LogP contribution is -2.37. The number of hydrogen-bond donors (Lipinski definition) is 1. The Hall–Kier alpha value is -3.85. The Labute approximate surface area is 441 Å². The van der Waals surface area contributed by atoms with Gasteiger partial charge in [-0.25, -0.2) is 4.57 Å². The molecule has 2 unspecified atom stereocenters. The van der Waals surface area contributed by atoms with Gasteiger partial charge in [0.2, 0.25) is 0 Å². The number of quaternary nitrogens is 1. The Bertz CT molecular complexity index is 1670. The molecule has 0 fully saturated rings. The summed E-state index contributed by atoms with van der Waals surface area (Å²) in [6.45, 7) is 4.09. The highest BCUT2D eigenvalue weighted by Gasteiger charge is 2.27. The number of esters is 2. The van der Waals surface area contributed by atoms with Gasteiger partial charge in [-0.1, -0.05) is 218 Å². The van der Waals surface area contributed by atoms with E-state index in [9.17, 15) is 19.0 Å². The Morgan fingerprint density at radius 2 is 0.778 bits per heavy atom. The van der Waals surface area contributed by atoms with Gasteiger partial charge in [0.05, 0.1) is 27.7 Å². The summed E-state index contributed by atoms with van der Waals surface area (Å²) in [4.78, 5) is 35.5. The molecule has 10 heteroatoms. The second-order valence-electron chi connectivity index (χ2n) is 19.2. The third kappa shape index (κ3) is 55.5. The lowest BCUT2D eigenvalue weighted by molar-refractivity contribution is -0.870. The molecule has 0 bridgehead atoms. The van der Waals surface area contributed by atoms with Gasteiger partial charge in [-0.15, -0.1) is 0 Å². The molecule has 0 saturated heterocycles. The predicted molar refractivity (Wildman–Crippen MR) is 307 cm³/mol. The zero-order valence-electron chi connectivity index (χ0n) is 46.1. The SMILES string of the molecule is CC/C=C\C/C=C\C/C=C\C/C=C\C/C=C\C/C=C\C/C=C\CCCCCCCCCCCCCCCC(=O)OC(COC(=O)CC/C=C\C/C=C\C/C=C\C/C=C\CC)COP(=O)(O)OCC[N+](C)(C)C. The molecular weight excluding hydrogens is 918 g/mol. The van der Waals surface area contributed by atoms with Crippen molar-refractivity contribution in [2.75, 3.05) is 47.5 Å². The first-order valence-corrected chi connectivity index (χ1v) is 29.4. The Kier molecular flexibility index (Phi) is 49.2. The minimum Gasteiger partial charge on any atom is -0.462 e. The van der Waals surface area contributed by atoms with Gasteiger partial charge >= 0.3 is 19.8 Å². The van der Waals surface area contributed by atoms with Crippen molar-refractivity contribution in [1.82, 2.24) is 0 Å². The van der Waals surface area contributed by atoms with Gasteiger partial charge in [0.25, 0.3) is 0 Å². The van der Waals surface area contributed by atoms with Crippen LogP contribution in [0.15, 0.2) is 134 Å². The molecule has 0 heterocycles. The van der Waals surface area contributed by atoms with Crippen LogP contribution in [0, 0.1) is 0 Å². The summed E-state index contributed by atoms with van der Waals surface area (Å²) in [5, 5.41) is 0. The second-order valence-corrected chi connectivity index (χ2v) is 20.7. The fourth-order valence-corrected chi connectivity index (χ4v) is 7.69. The van der Waals surface area contributed by atoms with E-state index in [0.717, 1.165) is 89.9 Å². The van der Waals surface area contributed by atoms with Gasteiger partial charge in [-0.3, -0.25) is 18.6 Å². The van der Waals surface area contributed by atoms with Crippen LogP contribution < -0.4 is 0 Å². The number of phosphoric ester groups is 1. The number of carbonyl (C=O) groups excluding carboxylic acids is 2. The average molecular weight is 1020 g/mol. The Morgan fingerprint density at radius 3 is 1.17 bits per heavy atom. The molecule has 408 valence electrons. The fourth-order valence-electron chi connectivity index (χ4n) is 6.95. The number of phosphoric acid groups is 1. The molecule has 0 aromatic carbocycles. The van der Waals surface area contributed by atoms with Crippen LogP contribution in [0.4, 0.5) is 0 Å². The van der Waals surface area contributed by atoms with Gasteiger partial charge < -0.3 is 18.9 Å². The van der Waals surface area contributed by atoms with Crippen molar-refractivity contribution in [3.8, 4) is 0 Å². The van der Waals surface area contributed by atoms with E-state index < -0.39 is 32.5 Å². The molecule has 0 aromatic heterocycles. The van der Waals surface area contributed by atoms with E-state index in [1.54, 1.807) is 0 Å². The van der Waals surface area contributed by atoms with E-state index in [2.05, 4.69) is 135 Å². The summed E-state index contributed by atoms with van der Waals surface area (Å²) >= 11 is 0. The summed E-state index contributed by atoms with van der Waals surface area (Å²) in [7, 11) is 1.42. The zero-order valence-corrected chi connectivity index (χ0v) is 47.0. The van der Waals surface area contributed by atoms with Crippen molar-refractivity contribution < 1.29 is 42.1 Å². The highest BCUT2D eigenvalue weighted by atomic mass is 31.2. The van der Waals surface area contributed by atoms with Crippen molar-refractivity contribution in [2.45, 2.75) is 200 Å². The highest BCUT2D eigenvalue weighted by molar-refractivity contribution is 7.47. The van der Waals surface area contributed by atoms with Crippen LogP contribution in [-0.4, -0.2) is 74.9 Å². The topological polar surface area (TPSA) is 108 Å². The number of carbonyl (C=O) groups is 2. The highest BCUT2D eigenvalue weighted by Crippen LogP contribution is 2.43. The normalized spacial score (nSPS) is 14.4. The minimum absolute atomic E-state index is 0.0147. The maximum atomic E-state index is 12.8. The molecule has 0 aromatic rings. The number of unbranched alkanes of at least 4 members (excludes halogenated alkanes) is 13. The van der Waals surface area contributed by atoms with Gasteiger partial charge in [-0.2, -0.15) is 0 Å². The molecule has 1 N–H and O–H groups in total. The van der Waals surface area contributed by atoms with Crippen molar-refractivity contribution >= 4 is 19.8 Å². The monoisotopic (exact) mass is 1020 g/mol. The first kappa shape index (κ1) is 68.2. The quantitative estimate of drug-likeness (QED) is 0.0211. The largest absolute Gasteiger partial charge is 0.472 e. The Balaban J connectivity index is 4.13. The number of nitrogens with zero attached hydrogens (tertiary/aromatic N) is 1. The summed E-state index contributed by atoms with van der Waals surface area (Å²) in [6.07, 6.45) is 75.5. The van der Waals surface area contributed by atoms with E-state index in [-0.39, 0.29) is 26.1 Å². The molecule has 0 aliphatic carbocycles. The van der Waals surface area contributed by atoms with E-state index >= 15 is 0 Å².